The van der Waals surface area contributed by atoms with Gasteiger partial charge in [-0.15, -0.1) is 24.0 Å². The minimum absolute atomic E-state index is 0. The van der Waals surface area contributed by atoms with E-state index < -0.39 is 0 Å². The average Bonchev–Trinajstić information content (AvgIpc) is 2.50. The third-order valence-electron chi connectivity index (χ3n) is 2.99. The van der Waals surface area contributed by atoms with E-state index in [4.69, 9.17) is 16.3 Å². The summed E-state index contributed by atoms with van der Waals surface area (Å²) >= 11 is 7.84. The Hall–Kier alpha value is -0.340. The average molecular weight is 458 g/mol. The zero-order chi connectivity index (χ0) is 15.5. The Morgan fingerprint density at radius 3 is 2.73 bits per heavy atom. The van der Waals surface area contributed by atoms with Gasteiger partial charge in [-0.3, -0.25) is 4.99 Å². The van der Waals surface area contributed by atoms with Gasteiger partial charge in [-0.2, -0.15) is 11.8 Å². The van der Waals surface area contributed by atoms with Crippen LogP contribution in [0.3, 0.4) is 0 Å². The van der Waals surface area contributed by atoms with Crippen LogP contribution in [0.25, 0.3) is 0 Å². The van der Waals surface area contributed by atoms with Crippen molar-refractivity contribution < 1.29 is 4.74 Å². The molecule has 4 nitrogen and oxygen atoms in total. The van der Waals surface area contributed by atoms with E-state index in [1.54, 1.807) is 14.2 Å². The van der Waals surface area contributed by atoms with Crippen LogP contribution in [-0.2, 0) is 6.54 Å². The number of rotatable bonds is 8. The van der Waals surface area contributed by atoms with Crippen molar-refractivity contribution in [2.75, 3.05) is 32.7 Å². The van der Waals surface area contributed by atoms with Gasteiger partial charge in [0.1, 0.15) is 5.75 Å². The molecular weight excluding hydrogens is 433 g/mol. The van der Waals surface area contributed by atoms with E-state index in [0.717, 1.165) is 30.2 Å². The number of hydrogen-bond acceptors (Lipinski definition) is 3. The highest BCUT2D eigenvalue weighted by molar-refractivity contribution is 14.0. The lowest BCUT2D eigenvalue weighted by atomic mass is 10.2. The molecule has 0 aliphatic carbocycles. The Morgan fingerprint density at radius 1 is 1.32 bits per heavy atom. The number of aliphatic imine (C=N–C) groups is 1. The van der Waals surface area contributed by atoms with E-state index >= 15 is 0 Å². The summed E-state index contributed by atoms with van der Waals surface area (Å²) in [7, 11) is 3.42. The van der Waals surface area contributed by atoms with Crippen molar-refractivity contribution in [1.82, 2.24) is 10.6 Å². The molecule has 0 unspecified atom stereocenters. The number of thioether (sulfide) groups is 1. The van der Waals surface area contributed by atoms with Crippen LogP contribution < -0.4 is 15.4 Å². The van der Waals surface area contributed by atoms with Crippen LogP contribution >= 0.6 is 47.3 Å². The van der Waals surface area contributed by atoms with E-state index in [9.17, 15) is 0 Å². The van der Waals surface area contributed by atoms with Crippen LogP contribution in [-0.4, -0.2) is 38.7 Å². The van der Waals surface area contributed by atoms with Gasteiger partial charge in [0.05, 0.1) is 7.11 Å². The van der Waals surface area contributed by atoms with Gasteiger partial charge >= 0.3 is 0 Å². The summed E-state index contributed by atoms with van der Waals surface area (Å²) in [5.41, 5.74) is 1.05. The number of nitrogens with zero attached hydrogens (tertiary/aromatic N) is 1. The first-order valence-electron chi connectivity index (χ1n) is 6.97. The SMILES string of the molecule is CN=C(NCCCCSC)NCc1ccc(Cl)cc1OC.I. The third-order valence-corrected chi connectivity index (χ3v) is 3.92. The van der Waals surface area contributed by atoms with Crippen molar-refractivity contribution in [3.05, 3.63) is 28.8 Å². The first kappa shape index (κ1) is 21.7. The number of guanidine groups is 1. The summed E-state index contributed by atoms with van der Waals surface area (Å²) in [6, 6.07) is 5.64. The molecule has 126 valence electrons. The molecule has 0 spiro atoms. The molecule has 0 saturated carbocycles. The quantitative estimate of drug-likeness (QED) is 0.270. The summed E-state index contributed by atoms with van der Waals surface area (Å²) in [5, 5.41) is 7.26. The highest BCUT2D eigenvalue weighted by atomic mass is 127. The van der Waals surface area contributed by atoms with Crippen LogP contribution in [0.15, 0.2) is 23.2 Å². The minimum Gasteiger partial charge on any atom is -0.496 e. The second-order valence-corrected chi connectivity index (χ2v) is 5.93. The first-order chi connectivity index (χ1) is 10.2. The molecule has 7 heteroatoms. The van der Waals surface area contributed by atoms with Gasteiger partial charge in [-0.25, -0.2) is 0 Å². The smallest absolute Gasteiger partial charge is 0.191 e. The predicted molar refractivity (Wildman–Crippen MR) is 109 cm³/mol. The van der Waals surface area contributed by atoms with Gasteiger partial charge in [0, 0.05) is 30.7 Å². The largest absolute Gasteiger partial charge is 0.496 e. The topological polar surface area (TPSA) is 45.7 Å². The molecule has 0 radical (unpaired) electrons. The lowest BCUT2D eigenvalue weighted by molar-refractivity contribution is 0.409. The van der Waals surface area contributed by atoms with Crippen molar-refractivity contribution in [3.8, 4) is 5.75 Å². The second kappa shape index (κ2) is 13.1. The molecular formula is C15H25ClIN3OS. The van der Waals surface area contributed by atoms with Crippen molar-refractivity contribution in [1.29, 1.82) is 0 Å². The van der Waals surface area contributed by atoms with Gasteiger partial charge in [-0.1, -0.05) is 17.7 Å². The number of benzene rings is 1. The molecule has 1 aromatic carbocycles. The second-order valence-electron chi connectivity index (χ2n) is 4.51. The summed E-state index contributed by atoms with van der Waals surface area (Å²) in [5.74, 6) is 2.79. The van der Waals surface area contributed by atoms with Gasteiger partial charge in [0.25, 0.3) is 0 Å². The highest BCUT2D eigenvalue weighted by Gasteiger charge is 2.05. The molecule has 0 atom stereocenters. The maximum Gasteiger partial charge on any atom is 0.191 e. The van der Waals surface area contributed by atoms with Gasteiger partial charge < -0.3 is 15.4 Å². The van der Waals surface area contributed by atoms with E-state index in [-0.39, 0.29) is 24.0 Å². The normalized spacial score (nSPS) is 10.8. The van der Waals surface area contributed by atoms with E-state index in [0.29, 0.717) is 11.6 Å². The number of hydrogen-bond donors (Lipinski definition) is 2. The Bertz CT molecular complexity index is 460. The Morgan fingerprint density at radius 2 is 2.09 bits per heavy atom. The van der Waals surface area contributed by atoms with Crippen molar-refractivity contribution in [3.63, 3.8) is 0 Å². The maximum atomic E-state index is 5.96. The predicted octanol–water partition coefficient (Wildman–Crippen LogP) is 3.77. The fraction of sp³-hybridized carbons (Fsp3) is 0.533. The lowest BCUT2D eigenvalue weighted by Gasteiger charge is -2.14. The standard InChI is InChI=1S/C15H24ClN3OS.HI/c1-17-15(18-8-4-5-9-21-3)19-11-12-6-7-13(16)10-14(12)20-2;/h6-7,10H,4-5,8-9,11H2,1-3H3,(H2,17,18,19);1H. The minimum atomic E-state index is 0. The maximum absolute atomic E-state index is 5.96. The van der Waals surface area contributed by atoms with Crippen LogP contribution in [0.4, 0.5) is 0 Å². The monoisotopic (exact) mass is 457 g/mol. The van der Waals surface area contributed by atoms with Crippen LogP contribution in [0, 0.1) is 0 Å². The highest BCUT2D eigenvalue weighted by Crippen LogP contribution is 2.22. The van der Waals surface area contributed by atoms with Gasteiger partial charge in [0.2, 0.25) is 0 Å². The number of nitrogens with one attached hydrogen (secondary N) is 2. The summed E-state index contributed by atoms with van der Waals surface area (Å²) in [6.45, 7) is 1.57. The summed E-state index contributed by atoms with van der Waals surface area (Å²) in [6.07, 6.45) is 4.50. The van der Waals surface area contributed by atoms with Crippen LogP contribution in [0.1, 0.15) is 18.4 Å². The van der Waals surface area contributed by atoms with Crippen molar-refractivity contribution in [2.45, 2.75) is 19.4 Å². The molecule has 0 aromatic heterocycles. The van der Waals surface area contributed by atoms with Crippen LogP contribution in [0.2, 0.25) is 5.02 Å². The number of methoxy groups -OCH3 is 1. The molecule has 1 aromatic rings. The lowest BCUT2D eigenvalue weighted by Crippen LogP contribution is -2.37. The molecule has 22 heavy (non-hydrogen) atoms. The summed E-state index contributed by atoms with van der Waals surface area (Å²) < 4.78 is 5.33. The molecule has 0 saturated heterocycles. The van der Waals surface area contributed by atoms with Crippen LogP contribution in [0.5, 0.6) is 5.75 Å². The summed E-state index contributed by atoms with van der Waals surface area (Å²) in [4.78, 5) is 4.22. The fourth-order valence-electron chi connectivity index (χ4n) is 1.84. The molecule has 0 aliphatic heterocycles. The number of ether oxygens (including phenoxy) is 1. The zero-order valence-corrected chi connectivity index (χ0v) is 17.2. The molecule has 0 bridgehead atoms. The van der Waals surface area contributed by atoms with E-state index in [2.05, 4.69) is 21.9 Å². The van der Waals surface area contributed by atoms with Crippen molar-refractivity contribution in [2.24, 2.45) is 4.99 Å². The Labute approximate surface area is 159 Å². The van der Waals surface area contributed by atoms with E-state index in [1.165, 1.54) is 12.2 Å². The first-order valence-corrected chi connectivity index (χ1v) is 8.74. The Balaban J connectivity index is 0.00000441. The molecule has 0 fully saturated rings. The molecule has 0 aliphatic rings. The zero-order valence-electron chi connectivity index (χ0n) is 13.3. The molecule has 1 rings (SSSR count). The Kier molecular flexibility index (Phi) is 12.9. The molecule has 2 N–H and O–H groups in total. The number of unbranched alkanes of at least 4 members (excludes halogenated alkanes) is 1. The van der Waals surface area contributed by atoms with Gasteiger partial charge in [-0.05, 0) is 37.0 Å². The van der Waals surface area contributed by atoms with Gasteiger partial charge in [0.15, 0.2) is 5.96 Å². The van der Waals surface area contributed by atoms with Crippen molar-refractivity contribution >= 4 is 53.3 Å². The molecule has 0 heterocycles. The molecule has 0 amide bonds. The fourth-order valence-corrected chi connectivity index (χ4v) is 2.50. The third kappa shape index (κ3) is 8.33. The number of halogens is 2. The van der Waals surface area contributed by atoms with E-state index in [1.807, 2.05) is 30.0 Å².